The fourth-order valence-corrected chi connectivity index (χ4v) is 3.15. The maximum atomic E-state index is 12.7. The molecule has 2 atom stereocenters. The standard InChI is InChI=1S/C24H33NO2/c1-8-22(27-21-14-16(2)13-17(3)15-21)23(26)25-18(4)19-9-11-20(12-10-19)24(5,6)7/h9-15,18,22H,8H2,1-7H3,(H,25,26)/t18-,22-/m1/s1. The van der Waals surface area contributed by atoms with Crippen LogP contribution in [0.5, 0.6) is 5.75 Å². The average Bonchev–Trinajstić information content (AvgIpc) is 2.58. The number of hydrogen-bond acceptors (Lipinski definition) is 2. The monoisotopic (exact) mass is 367 g/mol. The molecule has 0 heterocycles. The molecule has 0 aromatic heterocycles. The number of ether oxygens (including phenoxy) is 1. The summed E-state index contributed by atoms with van der Waals surface area (Å²) in [7, 11) is 0. The first-order chi connectivity index (χ1) is 12.6. The Kier molecular flexibility index (Phi) is 6.69. The van der Waals surface area contributed by atoms with Crippen molar-refractivity contribution >= 4 is 5.91 Å². The zero-order valence-electron chi connectivity index (χ0n) is 17.7. The third-order valence-corrected chi connectivity index (χ3v) is 4.77. The Morgan fingerprint density at radius 1 is 1.04 bits per heavy atom. The summed E-state index contributed by atoms with van der Waals surface area (Å²) in [6.45, 7) is 14.6. The number of hydrogen-bond donors (Lipinski definition) is 1. The quantitative estimate of drug-likeness (QED) is 0.718. The first-order valence-electron chi connectivity index (χ1n) is 9.76. The Hall–Kier alpha value is -2.29. The maximum absolute atomic E-state index is 12.7. The Labute approximate surface area is 164 Å². The number of carbonyl (C=O) groups is 1. The Bertz CT molecular complexity index is 752. The van der Waals surface area contributed by atoms with Gasteiger partial charge in [0.15, 0.2) is 6.10 Å². The highest BCUT2D eigenvalue weighted by molar-refractivity contribution is 5.81. The van der Waals surface area contributed by atoms with Gasteiger partial charge in [0.05, 0.1) is 6.04 Å². The second-order valence-corrected chi connectivity index (χ2v) is 8.44. The third-order valence-electron chi connectivity index (χ3n) is 4.77. The van der Waals surface area contributed by atoms with E-state index in [9.17, 15) is 4.79 Å². The van der Waals surface area contributed by atoms with Gasteiger partial charge in [-0.1, -0.05) is 58.0 Å². The molecular formula is C24H33NO2. The predicted molar refractivity (Wildman–Crippen MR) is 112 cm³/mol. The van der Waals surface area contributed by atoms with E-state index in [0.29, 0.717) is 6.42 Å². The fraction of sp³-hybridized carbons (Fsp3) is 0.458. The Morgan fingerprint density at radius 2 is 1.59 bits per heavy atom. The van der Waals surface area contributed by atoms with E-state index in [1.807, 2.05) is 39.8 Å². The van der Waals surface area contributed by atoms with Crippen LogP contribution in [0.15, 0.2) is 42.5 Å². The smallest absolute Gasteiger partial charge is 0.261 e. The lowest BCUT2D eigenvalue weighted by molar-refractivity contribution is -0.128. The Morgan fingerprint density at radius 3 is 2.07 bits per heavy atom. The van der Waals surface area contributed by atoms with Crippen LogP contribution in [0, 0.1) is 13.8 Å². The van der Waals surface area contributed by atoms with Gasteiger partial charge in [-0.2, -0.15) is 0 Å². The summed E-state index contributed by atoms with van der Waals surface area (Å²) in [5.41, 5.74) is 4.77. The van der Waals surface area contributed by atoms with Crippen molar-refractivity contribution in [1.82, 2.24) is 5.32 Å². The van der Waals surface area contributed by atoms with E-state index in [-0.39, 0.29) is 17.4 Å². The van der Waals surface area contributed by atoms with Crippen molar-refractivity contribution in [2.75, 3.05) is 0 Å². The summed E-state index contributed by atoms with van der Waals surface area (Å²) in [6.07, 6.45) is 0.122. The highest BCUT2D eigenvalue weighted by Crippen LogP contribution is 2.24. The maximum Gasteiger partial charge on any atom is 0.261 e. The van der Waals surface area contributed by atoms with Crippen LogP contribution in [-0.4, -0.2) is 12.0 Å². The molecular weight excluding hydrogens is 334 g/mol. The van der Waals surface area contributed by atoms with E-state index in [0.717, 1.165) is 22.4 Å². The molecule has 0 unspecified atom stereocenters. The Balaban J connectivity index is 2.04. The van der Waals surface area contributed by atoms with Gasteiger partial charge in [0, 0.05) is 0 Å². The van der Waals surface area contributed by atoms with Crippen LogP contribution < -0.4 is 10.1 Å². The van der Waals surface area contributed by atoms with Crippen LogP contribution in [0.25, 0.3) is 0 Å². The number of carbonyl (C=O) groups excluding carboxylic acids is 1. The van der Waals surface area contributed by atoms with Gasteiger partial charge >= 0.3 is 0 Å². The molecule has 2 rings (SSSR count). The first-order valence-corrected chi connectivity index (χ1v) is 9.76. The molecule has 0 spiro atoms. The molecule has 0 bridgehead atoms. The van der Waals surface area contributed by atoms with Gasteiger partial charge in [0.2, 0.25) is 0 Å². The lowest BCUT2D eigenvalue weighted by Gasteiger charge is -2.23. The molecule has 3 heteroatoms. The molecule has 0 aliphatic rings. The minimum Gasteiger partial charge on any atom is -0.481 e. The van der Waals surface area contributed by atoms with E-state index >= 15 is 0 Å². The molecule has 0 aliphatic heterocycles. The van der Waals surface area contributed by atoms with Crippen molar-refractivity contribution in [3.05, 3.63) is 64.7 Å². The van der Waals surface area contributed by atoms with Crippen molar-refractivity contribution in [3.8, 4) is 5.75 Å². The van der Waals surface area contributed by atoms with Crippen LogP contribution in [0.1, 0.15) is 69.3 Å². The lowest BCUT2D eigenvalue weighted by Crippen LogP contribution is -2.39. The first kappa shape index (κ1) is 21.0. The predicted octanol–water partition coefficient (Wildman–Crippen LogP) is 5.64. The third kappa shape index (κ3) is 5.85. The van der Waals surface area contributed by atoms with Crippen LogP contribution in [0.3, 0.4) is 0 Å². The van der Waals surface area contributed by atoms with E-state index in [1.54, 1.807) is 0 Å². The zero-order chi connectivity index (χ0) is 20.2. The van der Waals surface area contributed by atoms with Crippen molar-refractivity contribution < 1.29 is 9.53 Å². The van der Waals surface area contributed by atoms with E-state index < -0.39 is 6.10 Å². The summed E-state index contributed by atoms with van der Waals surface area (Å²) in [5, 5.41) is 3.09. The van der Waals surface area contributed by atoms with Gasteiger partial charge in [-0.15, -0.1) is 0 Å². The number of rotatable bonds is 6. The van der Waals surface area contributed by atoms with Gasteiger partial charge in [-0.25, -0.2) is 0 Å². The van der Waals surface area contributed by atoms with Crippen LogP contribution in [0.4, 0.5) is 0 Å². The van der Waals surface area contributed by atoms with E-state index in [4.69, 9.17) is 4.74 Å². The van der Waals surface area contributed by atoms with Crippen LogP contribution in [-0.2, 0) is 10.2 Å². The van der Waals surface area contributed by atoms with E-state index in [2.05, 4.69) is 56.4 Å². The molecule has 27 heavy (non-hydrogen) atoms. The number of aryl methyl sites for hydroxylation is 2. The SMILES string of the molecule is CC[C@@H](Oc1cc(C)cc(C)c1)C(=O)N[C@H](C)c1ccc(C(C)(C)C)cc1. The van der Waals surface area contributed by atoms with Crippen molar-refractivity contribution in [3.63, 3.8) is 0 Å². The van der Waals surface area contributed by atoms with Gasteiger partial charge in [0.1, 0.15) is 5.75 Å². The molecule has 2 aromatic carbocycles. The second-order valence-electron chi connectivity index (χ2n) is 8.44. The largest absolute Gasteiger partial charge is 0.481 e. The molecule has 2 aromatic rings. The van der Waals surface area contributed by atoms with E-state index in [1.165, 1.54) is 5.56 Å². The van der Waals surface area contributed by atoms with Gasteiger partial charge in [0.25, 0.3) is 5.91 Å². The summed E-state index contributed by atoms with van der Waals surface area (Å²) in [4.78, 5) is 12.7. The average molecular weight is 368 g/mol. The number of nitrogens with one attached hydrogen (secondary N) is 1. The normalized spacial score (nSPS) is 13.7. The second kappa shape index (κ2) is 8.60. The zero-order valence-corrected chi connectivity index (χ0v) is 17.7. The van der Waals surface area contributed by atoms with Crippen molar-refractivity contribution in [1.29, 1.82) is 0 Å². The molecule has 0 radical (unpaired) electrons. The summed E-state index contributed by atoms with van der Waals surface area (Å²) >= 11 is 0. The van der Waals surface area contributed by atoms with Crippen LogP contribution >= 0.6 is 0 Å². The molecule has 0 fully saturated rings. The van der Waals surface area contributed by atoms with Gasteiger partial charge < -0.3 is 10.1 Å². The summed E-state index contributed by atoms with van der Waals surface area (Å²) in [5.74, 6) is 0.667. The van der Waals surface area contributed by atoms with Crippen molar-refractivity contribution in [2.45, 2.75) is 72.4 Å². The summed E-state index contributed by atoms with van der Waals surface area (Å²) < 4.78 is 5.98. The van der Waals surface area contributed by atoms with Gasteiger partial charge in [-0.05, 0) is 67.0 Å². The molecule has 1 amide bonds. The lowest BCUT2D eigenvalue weighted by atomic mass is 9.86. The highest BCUT2D eigenvalue weighted by Gasteiger charge is 2.21. The van der Waals surface area contributed by atoms with Gasteiger partial charge in [-0.3, -0.25) is 4.79 Å². The molecule has 3 nitrogen and oxygen atoms in total. The molecule has 0 aliphatic carbocycles. The molecule has 146 valence electrons. The van der Waals surface area contributed by atoms with Crippen molar-refractivity contribution in [2.24, 2.45) is 0 Å². The number of benzene rings is 2. The minimum atomic E-state index is -0.498. The molecule has 0 saturated heterocycles. The topological polar surface area (TPSA) is 38.3 Å². The number of amides is 1. The molecule has 1 N–H and O–H groups in total. The minimum absolute atomic E-state index is 0.0663. The fourth-order valence-electron chi connectivity index (χ4n) is 3.15. The van der Waals surface area contributed by atoms with Crippen LogP contribution in [0.2, 0.25) is 0 Å². The molecule has 0 saturated carbocycles. The summed E-state index contributed by atoms with van der Waals surface area (Å²) in [6, 6.07) is 14.4. The highest BCUT2D eigenvalue weighted by atomic mass is 16.5.